The molecule has 5 atom stereocenters. The Hall–Kier alpha value is -0.520. The molecule has 0 amide bonds. The maximum atomic E-state index is 12.9. The normalized spacial score (nSPS) is 34.3. The summed E-state index contributed by atoms with van der Waals surface area (Å²) in [7, 11) is 0.559. The molecule has 2 unspecified atom stereocenters. The summed E-state index contributed by atoms with van der Waals surface area (Å²) >= 11 is 3.60. The van der Waals surface area contributed by atoms with Crippen molar-refractivity contribution in [2.75, 3.05) is 7.11 Å². The van der Waals surface area contributed by atoms with Crippen molar-refractivity contribution in [2.24, 2.45) is 21.6 Å². The van der Waals surface area contributed by atoms with Gasteiger partial charge in [0.2, 0.25) is 0 Å². The number of hydrogen-bond acceptors (Lipinski definition) is 2. The molecule has 1 fully saturated rings. The van der Waals surface area contributed by atoms with E-state index >= 15 is 0 Å². The van der Waals surface area contributed by atoms with Crippen molar-refractivity contribution in [1.29, 1.82) is 0 Å². The third-order valence-corrected chi connectivity index (χ3v) is 7.76. The molecule has 2 aliphatic carbocycles. The lowest BCUT2D eigenvalue weighted by Crippen LogP contribution is -2.45. The van der Waals surface area contributed by atoms with Crippen molar-refractivity contribution in [3.63, 3.8) is 0 Å². The summed E-state index contributed by atoms with van der Waals surface area (Å²) in [6.07, 6.45) is 3.33. The van der Waals surface area contributed by atoms with Crippen LogP contribution in [0.25, 0.3) is 0 Å². The van der Waals surface area contributed by atoms with E-state index in [0.717, 1.165) is 29.4 Å². The van der Waals surface area contributed by atoms with Gasteiger partial charge < -0.3 is 4.74 Å². The highest BCUT2D eigenvalue weighted by Gasteiger charge is 2.50. The van der Waals surface area contributed by atoms with Gasteiger partial charge in [0.15, 0.2) is 0 Å². The van der Waals surface area contributed by atoms with E-state index in [4.69, 9.17) is 9.13 Å². The van der Waals surface area contributed by atoms with Crippen LogP contribution in [0.3, 0.4) is 0 Å². The number of methoxy groups -OCH3 is 1. The fourth-order valence-corrected chi connectivity index (χ4v) is 6.03. The van der Waals surface area contributed by atoms with E-state index in [2.05, 4.69) is 48.0 Å². The minimum Gasteiger partial charge on any atom is -0.381 e. The fourth-order valence-electron chi connectivity index (χ4n) is 4.93. The van der Waals surface area contributed by atoms with Crippen molar-refractivity contribution in [3.05, 3.63) is 33.8 Å². The predicted molar refractivity (Wildman–Crippen MR) is 113 cm³/mol. The van der Waals surface area contributed by atoms with E-state index in [1.807, 2.05) is 27.9 Å². The Labute approximate surface area is 168 Å². The quantitative estimate of drug-likeness (QED) is 0.624. The zero-order valence-electron chi connectivity index (χ0n) is 16.6. The zero-order valence-corrected chi connectivity index (χ0v) is 19.0. The minimum absolute atomic E-state index is 0.0299. The second-order valence-electron chi connectivity index (χ2n) is 9.12. The van der Waals surface area contributed by atoms with E-state index in [1.165, 1.54) is 11.1 Å². The van der Waals surface area contributed by atoms with Gasteiger partial charge in [-0.2, -0.15) is 4.40 Å². The van der Waals surface area contributed by atoms with Crippen LogP contribution < -0.4 is 0 Å². The molecule has 144 valence electrons. The molecule has 1 aromatic carbocycles. The number of fused-ring (bicyclic) bond motifs is 1. The Balaban J connectivity index is 2.10. The Bertz CT molecular complexity index is 741. The summed E-state index contributed by atoms with van der Waals surface area (Å²) in [5.41, 5.74) is 3.52. The van der Waals surface area contributed by atoms with Crippen LogP contribution in [0.4, 0.5) is 0 Å². The molecule has 1 spiro atoms. The van der Waals surface area contributed by atoms with E-state index < -0.39 is 11.0 Å². The lowest BCUT2D eigenvalue weighted by atomic mass is 9.63. The Morgan fingerprint density at radius 2 is 1.85 bits per heavy atom. The van der Waals surface area contributed by atoms with E-state index in [-0.39, 0.29) is 16.3 Å². The predicted octanol–water partition coefficient (Wildman–Crippen LogP) is 5.32. The Kier molecular flexibility index (Phi) is 5.55. The van der Waals surface area contributed by atoms with Gasteiger partial charge in [-0.25, -0.2) is 4.21 Å². The van der Waals surface area contributed by atoms with Gasteiger partial charge in [-0.3, -0.25) is 0 Å². The molecule has 1 aromatic rings. The molecule has 5 heteroatoms. The van der Waals surface area contributed by atoms with Crippen LogP contribution in [0, 0.1) is 17.3 Å². The van der Waals surface area contributed by atoms with Crippen molar-refractivity contribution in [1.82, 2.24) is 0 Å². The SMILES string of the molecule is COC1[C@H](C)CC2(Cc3ccc(Br)cc3C2=N[S@@](=O)C(C)(C)C)C[C@@H]1C. The van der Waals surface area contributed by atoms with Crippen molar-refractivity contribution in [3.8, 4) is 0 Å². The average Bonchev–Trinajstić information content (AvgIpc) is 2.79. The van der Waals surface area contributed by atoms with Gasteiger partial charge in [-0.1, -0.05) is 35.8 Å². The number of ether oxygens (including phenoxy) is 1. The maximum absolute atomic E-state index is 12.9. The van der Waals surface area contributed by atoms with Gasteiger partial charge >= 0.3 is 0 Å². The summed E-state index contributed by atoms with van der Waals surface area (Å²) in [5, 5.41) is 0. The first-order valence-electron chi connectivity index (χ1n) is 9.40. The van der Waals surface area contributed by atoms with Crippen LogP contribution in [0.15, 0.2) is 27.1 Å². The lowest BCUT2D eigenvalue weighted by molar-refractivity contribution is -0.0342. The number of halogens is 1. The van der Waals surface area contributed by atoms with Gasteiger partial charge in [-0.15, -0.1) is 0 Å². The van der Waals surface area contributed by atoms with E-state index in [9.17, 15) is 4.21 Å². The van der Waals surface area contributed by atoms with Crippen LogP contribution in [0.5, 0.6) is 0 Å². The van der Waals surface area contributed by atoms with E-state index in [1.54, 1.807) is 0 Å². The first-order chi connectivity index (χ1) is 12.1. The van der Waals surface area contributed by atoms with Gasteiger partial charge in [0.1, 0.15) is 11.0 Å². The number of rotatable bonds is 2. The highest BCUT2D eigenvalue weighted by molar-refractivity contribution is 9.10. The van der Waals surface area contributed by atoms with E-state index in [0.29, 0.717) is 11.8 Å². The lowest BCUT2D eigenvalue weighted by Gasteiger charge is -2.45. The van der Waals surface area contributed by atoms with Gasteiger partial charge in [0.25, 0.3) is 0 Å². The molecule has 1 saturated carbocycles. The second kappa shape index (κ2) is 7.14. The maximum Gasteiger partial charge on any atom is 0.145 e. The molecular formula is C21H30BrNO2S. The number of benzene rings is 1. The highest BCUT2D eigenvalue weighted by atomic mass is 79.9. The first kappa shape index (κ1) is 20.2. The summed E-state index contributed by atoms with van der Waals surface area (Å²) in [4.78, 5) is 0. The van der Waals surface area contributed by atoms with Gasteiger partial charge in [0, 0.05) is 22.6 Å². The molecule has 0 bridgehead atoms. The summed E-state index contributed by atoms with van der Waals surface area (Å²) in [6, 6.07) is 6.45. The fraction of sp³-hybridized carbons (Fsp3) is 0.667. The van der Waals surface area contributed by atoms with Crippen molar-refractivity contribution >= 4 is 32.6 Å². The van der Waals surface area contributed by atoms with Crippen molar-refractivity contribution < 1.29 is 8.95 Å². The molecule has 26 heavy (non-hydrogen) atoms. The minimum atomic E-state index is -1.26. The molecule has 2 aliphatic rings. The van der Waals surface area contributed by atoms with Gasteiger partial charge in [0.05, 0.1) is 16.6 Å². The smallest absolute Gasteiger partial charge is 0.145 e. The van der Waals surface area contributed by atoms with Gasteiger partial charge in [-0.05, 0) is 69.6 Å². The first-order valence-corrected chi connectivity index (χ1v) is 11.3. The molecule has 3 nitrogen and oxygen atoms in total. The number of hydrogen-bond donors (Lipinski definition) is 0. The summed E-state index contributed by atoms with van der Waals surface area (Å²) in [6.45, 7) is 10.5. The molecule has 0 heterocycles. The standard InChI is InChI=1S/C21H30BrNO2S/c1-13-10-21(11-14(2)18(13)25-6)12-15-7-8-16(22)9-17(15)19(21)23-26(24)20(3,4)5/h7-9,13-14,18H,10-12H2,1-6H3/t13-,14+,18?,21?,26-/m0/s1. The largest absolute Gasteiger partial charge is 0.381 e. The van der Waals surface area contributed by atoms with Crippen LogP contribution in [0.1, 0.15) is 58.6 Å². The Morgan fingerprint density at radius 1 is 1.23 bits per heavy atom. The Morgan fingerprint density at radius 3 is 2.38 bits per heavy atom. The monoisotopic (exact) mass is 439 g/mol. The van der Waals surface area contributed by atoms with Crippen LogP contribution in [-0.2, 0) is 22.1 Å². The summed E-state index contributed by atoms with van der Waals surface area (Å²) < 4.78 is 24.2. The molecule has 0 N–H and O–H groups in total. The molecule has 3 rings (SSSR count). The molecule has 0 saturated heterocycles. The average molecular weight is 440 g/mol. The molecule has 0 aromatic heterocycles. The van der Waals surface area contributed by atoms with Crippen LogP contribution in [-0.4, -0.2) is 27.9 Å². The third-order valence-electron chi connectivity index (χ3n) is 5.88. The highest BCUT2D eigenvalue weighted by Crippen LogP contribution is 2.52. The van der Waals surface area contributed by atoms with Crippen LogP contribution in [0.2, 0.25) is 0 Å². The molecule has 0 aliphatic heterocycles. The zero-order chi connectivity index (χ0) is 19.3. The van der Waals surface area contributed by atoms with Crippen LogP contribution >= 0.6 is 15.9 Å². The molecular weight excluding hydrogens is 410 g/mol. The second-order valence-corrected chi connectivity index (χ2v) is 11.9. The molecule has 0 radical (unpaired) electrons. The van der Waals surface area contributed by atoms with Crippen molar-refractivity contribution in [2.45, 2.75) is 64.7 Å². The third kappa shape index (κ3) is 3.59. The number of nitrogens with zero attached hydrogens (tertiary/aromatic N) is 1. The summed E-state index contributed by atoms with van der Waals surface area (Å²) in [5.74, 6) is 0.907. The topological polar surface area (TPSA) is 38.7 Å².